The van der Waals surface area contributed by atoms with Crippen molar-refractivity contribution >= 4 is 57.3 Å². The number of carbonyl (C=O) groups excluding carboxylic acids is 2. The molecule has 0 aliphatic heterocycles. The summed E-state index contributed by atoms with van der Waals surface area (Å²) in [7, 11) is 0. The van der Waals surface area contributed by atoms with E-state index in [1.165, 1.54) is 59.5 Å². The van der Waals surface area contributed by atoms with Gasteiger partial charge < -0.3 is 5.32 Å². The molecule has 150 valence electrons. The molecule has 2 amide bonds. The third-order valence-electron chi connectivity index (χ3n) is 3.57. The van der Waals surface area contributed by atoms with Crippen LogP contribution in [-0.4, -0.2) is 22.6 Å². The normalized spacial score (nSPS) is 10.6. The maximum absolute atomic E-state index is 13.8. The first kappa shape index (κ1) is 21.2. The average molecular weight is 454 g/mol. The van der Waals surface area contributed by atoms with Gasteiger partial charge in [0.2, 0.25) is 5.91 Å². The summed E-state index contributed by atoms with van der Waals surface area (Å²) < 4.78 is 26.7. The fourth-order valence-electron chi connectivity index (χ4n) is 2.28. The van der Waals surface area contributed by atoms with Crippen molar-refractivity contribution in [3.8, 4) is 0 Å². The highest BCUT2D eigenvalue weighted by atomic mass is 35.5. The number of hydrogen-bond acceptors (Lipinski definition) is 5. The van der Waals surface area contributed by atoms with Gasteiger partial charge in [-0.05, 0) is 36.4 Å². The second-order valence-corrected chi connectivity index (χ2v) is 7.99. The molecule has 0 saturated heterocycles. The summed E-state index contributed by atoms with van der Waals surface area (Å²) in [4.78, 5) is 28.4. The lowest BCUT2D eigenvalue weighted by atomic mass is 10.2. The lowest BCUT2D eigenvalue weighted by Crippen LogP contribution is -2.14. The molecule has 0 radical (unpaired) electrons. The van der Waals surface area contributed by atoms with E-state index in [0.717, 1.165) is 6.07 Å². The van der Waals surface area contributed by atoms with Gasteiger partial charge in [0.25, 0.3) is 5.91 Å². The zero-order valence-electron chi connectivity index (χ0n) is 14.7. The lowest BCUT2D eigenvalue weighted by Gasteiger charge is -2.05. The molecule has 3 aromatic rings. The van der Waals surface area contributed by atoms with E-state index in [4.69, 9.17) is 11.6 Å². The highest BCUT2D eigenvalue weighted by molar-refractivity contribution is 7.99. The van der Waals surface area contributed by atoms with Gasteiger partial charge in [-0.15, -0.1) is 23.1 Å². The summed E-state index contributed by atoms with van der Waals surface area (Å²) in [5.74, 6) is -1.36. The summed E-state index contributed by atoms with van der Waals surface area (Å²) in [5.41, 5.74) is 0.949. The molecule has 1 aromatic heterocycles. The summed E-state index contributed by atoms with van der Waals surface area (Å²) in [6.07, 6.45) is 0. The van der Waals surface area contributed by atoms with E-state index in [0.29, 0.717) is 22.3 Å². The van der Waals surface area contributed by atoms with Gasteiger partial charge in [-0.3, -0.25) is 14.9 Å². The van der Waals surface area contributed by atoms with Crippen LogP contribution in [0.4, 0.5) is 19.6 Å². The first-order valence-corrected chi connectivity index (χ1v) is 10.7. The van der Waals surface area contributed by atoms with E-state index in [1.54, 1.807) is 5.38 Å². The average Bonchev–Trinajstić information content (AvgIpc) is 3.10. The van der Waals surface area contributed by atoms with Gasteiger partial charge in [-0.2, -0.15) is 0 Å². The summed E-state index contributed by atoms with van der Waals surface area (Å²) in [6, 6.07) is 9.50. The number of halogens is 3. The molecule has 10 heteroatoms. The van der Waals surface area contributed by atoms with Crippen molar-refractivity contribution < 1.29 is 18.4 Å². The Morgan fingerprint density at radius 1 is 1.10 bits per heavy atom. The number of nitrogens with zero attached hydrogens (tertiary/aromatic N) is 1. The minimum absolute atomic E-state index is 0.0157. The third-order valence-corrected chi connectivity index (χ3v) is 5.66. The van der Waals surface area contributed by atoms with Crippen LogP contribution in [0.25, 0.3) is 0 Å². The summed E-state index contributed by atoms with van der Waals surface area (Å²) in [6.45, 7) is 0. The summed E-state index contributed by atoms with van der Waals surface area (Å²) in [5, 5.41) is 7.25. The smallest absolute Gasteiger partial charge is 0.261 e. The van der Waals surface area contributed by atoms with E-state index in [2.05, 4.69) is 15.6 Å². The fourth-order valence-corrected chi connectivity index (χ4v) is 4.06. The molecule has 0 unspecified atom stereocenters. The van der Waals surface area contributed by atoms with Gasteiger partial charge in [0.15, 0.2) is 5.13 Å². The Hall–Kier alpha value is -2.49. The molecule has 0 bridgehead atoms. The van der Waals surface area contributed by atoms with Crippen LogP contribution in [0.15, 0.2) is 47.8 Å². The fraction of sp³-hybridized carbons (Fsp3) is 0.105. The maximum Gasteiger partial charge on any atom is 0.261 e. The molecule has 2 aromatic carbocycles. The minimum atomic E-state index is -0.713. The van der Waals surface area contributed by atoms with Crippen molar-refractivity contribution in [2.24, 2.45) is 0 Å². The lowest BCUT2D eigenvalue weighted by molar-refractivity contribution is -0.113. The van der Waals surface area contributed by atoms with Crippen molar-refractivity contribution in [1.82, 2.24) is 4.98 Å². The SMILES string of the molecule is O=C(CSCc1csc(NC(=O)c2c(F)cccc2Cl)n1)Nc1ccc(F)cc1. The topological polar surface area (TPSA) is 71.1 Å². The van der Waals surface area contributed by atoms with Crippen LogP contribution >= 0.6 is 34.7 Å². The molecule has 0 atom stereocenters. The zero-order valence-corrected chi connectivity index (χ0v) is 17.1. The Labute approximate surface area is 178 Å². The standard InChI is InChI=1S/C19H14ClF2N3O2S2/c20-14-2-1-3-15(22)17(14)18(27)25-19-24-13(9-29-19)8-28-10-16(26)23-12-6-4-11(21)5-7-12/h1-7,9H,8,10H2,(H,23,26)(H,24,25,27). The Balaban J connectivity index is 1.48. The molecule has 1 heterocycles. The molecule has 0 aliphatic rings. The number of amides is 2. The molecular weight excluding hydrogens is 440 g/mol. The van der Waals surface area contributed by atoms with Gasteiger partial charge in [0.1, 0.15) is 11.6 Å². The van der Waals surface area contributed by atoms with Crippen molar-refractivity contribution in [3.63, 3.8) is 0 Å². The largest absolute Gasteiger partial charge is 0.325 e. The molecule has 29 heavy (non-hydrogen) atoms. The number of benzene rings is 2. The summed E-state index contributed by atoms with van der Waals surface area (Å²) >= 11 is 8.41. The number of carbonyl (C=O) groups is 2. The van der Waals surface area contributed by atoms with Crippen LogP contribution in [0.5, 0.6) is 0 Å². The van der Waals surface area contributed by atoms with E-state index in [-0.39, 0.29) is 28.1 Å². The van der Waals surface area contributed by atoms with E-state index in [1.807, 2.05) is 0 Å². The minimum Gasteiger partial charge on any atom is -0.325 e. The van der Waals surface area contributed by atoms with Crippen LogP contribution in [-0.2, 0) is 10.5 Å². The van der Waals surface area contributed by atoms with Crippen molar-refractivity contribution in [2.45, 2.75) is 5.75 Å². The predicted molar refractivity (Wildman–Crippen MR) is 113 cm³/mol. The Kier molecular flexibility index (Phi) is 7.18. The highest BCUT2D eigenvalue weighted by Crippen LogP contribution is 2.23. The molecule has 3 rings (SSSR count). The van der Waals surface area contributed by atoms with Crippen LogP contribution in [0.2, 0.25) is 5.02 Å². The number of hydrogen-bond donors (Lipinski definition) is 2. The molecule has 0 aliphatic carbocycles. The zero-order chi connectivity index (χ0) is 20.8. The van der Waals surface area contributed by atoms with Gasteiger partial charge in [-0.25, -0.2) is 13.8 Å². The molecular formula is C19H14ClF2N3O2S2. The van der Waals surface area contributed by atoms with Gasteiger partial charge in [0.05, 0.1) is 22.0 Å². The van der Waals surface area contributed by atoms with Crippen LogP contribution in [0, 0.1) is 11.6 Å². The number of rotatable bonds is 7. The number of thiazole rings is 1. The Bertz CT molecular complexity index is 1010. The van der Waals surface area contributed by atoms with Crippen LogP contribution in [0.3, 0.4) is 0 Å². The molecule has 0 fully saturated rings. The number of thioether (sulfide) groups is 1. The van der Waals surface area contributed by atoms with Crippen molar-refractivity contribution in [3.05, 3.63) is 75.8 Å². The van der Waals surface area contributed by atoms with E-state index >= 15 is 0 Å². The van der Waals surface area contributed by atoms with Crippen LogP contribution in [0.1, 0.15) is 16.1 Å². The monoisotopic (exact) mass is 453 g/mol. The van der Waals surface area contributed by atoms with Gasteiger partial charge in [0, 0.05) is 16.8 Å². The van der Waals surface area contributed by atoms with Gasteiger partial charge in [-0.1, -0.05) is 17.7 Å². The van der Waals surface area contributed by atoms with Crippen LogP contribution < -0.4 is 10.6 Å². The Morgan fingerprint density at radius 2 is 1.86 bits per heavy atom. The van der Waals surface area contributed by atoms with Crippen molar-refractivity contribution in [1.29, 1.82) is 0 Å². The Morgan fingerprint density at radius 3 is 2.59 bits per heavy atom. The number of nitrogens with one attached hydrogen (secondary N) is 2. The number of aromatic nitrogens is 1. The van der Waals surface area contributed by atoms with E-state index in [9.17, 15) is 18.4 Å². The second kappa shape index (κ2) is 9.82. The third kappa shape index (κ3) is 5.99. The predicted octanol–water partition coefficient (Wildman–Crippen LogP) is 5.20. The molecule has 0 saturated carbocycles. The molecule has 2 N–H and O–H groups in total. The van der Waals surface area contributed by atoms with Gasteiger partial charge >= 0.3 is 0 Å². The maximum atomic E-state index is 13.8. The highest BCUT2D eigenvalue weighted by Gasteiger charge is 2.17. The molecule has 5 nitrogen and oxygen atoms in total. The first-order chi connectivity index (χ1) is 13.9. The number of anilines is 2. The quantitative estimate of drug-likeness (QED) is 0.516. The second-order valence-electron chi connectivity index (χ2n) is 5.74. The van der Waals surface area contributed by atoms with E-state index < -0.39 is 11.7 Å². The molecule has 0 spiro atoms. The first-order valence-electron chi connectivity index (χ1n) is 8.25. The van der Waals surface area contributed by atoms with Crippen molar-refractivity contribution in [2.75, 3.05) is 16.4 Å².